The first-order valence-electron chi connectivity index (χ1n) is 4.99. The fourth-order valence-corrected chi connectivity index (χ4v) is 1.50. The van der Waals surface area contributed by atoms with E-state index in [1.54, 1.807) is 13.0 Å². The molecule has 0 saturated carbocycles. The number of aliphatic carboxylic acids is 1. The van der Waals surface area contributed by atoms with Crippen molar-refractivity contribution >= 4 is 17.8 Å². The fourth-order valence-electron chi connectivity index (χ4n) is 1.50. The van der Waals surface area contributed by atoms with Crippen LogP contribution >= 0.6 is 0 Å². The van der Waals surface area contributed by atoms with Gasteiger partial charge in [0, 0.05) is 12.5 Å². The lowest BCUT2D eigenvalue weighted by Crippen LogP contribution is -2.00. The van der Waals surface area contributed by atoms with Crippen LogP contribution in [0.5, 0.6) is 0 Å². The second kappa shape index (κ2) is 5.26. The molecule has 3 nitrogen and oxygen atoms in total. The molecule has 0 spiro atoms. The van der Waals surface area contributed by atoms with Gasteiger partial charge in [0.25, 0.3) is 0 Å². The number of Topliss-reactive ketones (excluding diaryl/α,β-unsaturated/α-hetero) is 1. The van der Waals surface area contributed by atoms with Crippen LogP contribution in [0.1, 0.15) is 23.6 Å². The van der Waals surface area contributed by atoms with Crippen LogP contribution in [0.4, 0.5) is 0 Å². The van der Waals surface area contributed by atoms with Gasteiger partial charge in [-0.25, -0.2) is 4.79 Å². The molecule has 1 N–H and O–H groups in total. The number of hydrogen-bond donors (Lipinski definition) is 1. The molecule has 0 unspecified atom stereocenters. The Morgan fingerprint density at radius 3 is 2.62 bits per heavy atom. The highest BCUT2D eigenvalue weighted by Crippen LogP contribution is 2.16. The Morgan fingerprint density at radius 1 is 1.38 bits per heavy atom. The molecule has 1 aromatic rings. The molecule has 0 bridgehead atoms. The Bertz CT molecular complexity index is 444. The lowest BCUT2D eigenvalue weighted by molar-refractivity contribution is -0.131. The third-order valence-electron chi connectivity index (χ3n) is 2.33. The molecule has 1 rings (SSSR count). The molecule has 84 valence electrons. The number of carboxylic acids is 1. The maximum absolute atomic E-state index is 11.0. The first-order valence-corrected chi connectivity index (χ1v) is 4.99. The maximum Gasteiger partial charge on any atom is 0.328 e. The number of ketones is 1. The topological polar surface area (TPSA) is 54.4 Å². The SMILES string of the molecule is CC(=O)Cc1cccc(/C=C/C(=O)O)c1C. The van der Waals surface area contributed by atoms with Gasteiger partial charge in [-0.2, -0.15) is 0 Å². The molecule has 0 fully saturated rings. The zero-order chi connectivity index (χ0) is 12.1. The summed E-state index contributed by atoms with van der Waals surface area (Å²) in [6.45, 7) is 3.43. The van der Waals surface area contributed by atoms with E-state index in [1.165, 1.54) is 0 Å². The summed E-state index contributed by atoms with van der Waals surface area (Å²) < 4.78 is 0. The molecular formula is C13H14O3. The summed E-state index contributed by atoms with van der Waals surface area (Å²) in [7, 11) is 0. The van der Waals surface area contributed by atoms with Crippen molar-refractivity contribution in [3.05, 3.63) is 41.0 Å². The lowest BCUT2D eigenvalue weighted by atomic mass is 9.98. The van der Waals surface area contributed by atoms with Gasteiger partial charge in [0.15, 0.2) is 0 Å². The summed E-state index contributed by atoms with van der Waals surface area (Å²) in [6.07, 6.45) is 3.03. The van der Waals surface area contributed by atoms with Crippen molar-refractivity contribution in [2.45, 2.75) is 20.3 Å². The van der Waals surface area contributed by atoms with E-state index in [0.29, 0.717) is 6.42 Å². The summed E-state index contributed by atoms with van der Waals surface area (Å²) >= 11 is 0. The minimum atomic E-state index is -0.976. The van der Waals surface area contributed by atoms with E-state index in [4.69, 9.17) is 5.11 Å². The van der Waals surface area contributed by atoms with Gasteiger partial charge >= 0.3 is 5.97 Å². The van der Waals surface area contributed by atoms with Crippen molar-refractivity contribution < 1.29 is 14.7 Å². The van der Waals surface area contributed by atoms with Gasteiger partial charge in [-0.05, 0) is 36.6 Å². The van der Waals surface area contributed by atoms with Crippen molar-refractivity contribution in [2.24, 2.45) is 0 Å². The number of benzene rings is 1. The number of carboxylic acid groups (broad SMARTS) is 1. The number of rotatable bonds is 4. The summed E-state index contributed by atoms with van der Waals surface area (Å²) in [4.78, 5) is 21.4. The standard InChI is InChI=1S/C13H14O3/c1-9(14)8-12-5-3-4-11(10(12)2)6-7-13(15)16/h3-7H,8H2,1-2H3,(H,15,16)/b7-6+. The van der Waals surface area contributed by atoms with Crippen molar-refractivity contribution in [3.8, 4) is 0 Å². The van der Waals surface area contributed by atoms with Crippen LogP contribution in [0.15, 0.2) is 24.3 Å². The van der Waals surface area contributed by atoms with E-state index in [9.17, 15) is 9.59 Å². The molecule has 0 aliphatic carbocycles. The summed E-state index contributed by atoms with van der Waals surface area (Å²) in [6, 6.07) is 5.54. The van der Waals surface area contributed by atoms with E-state index in [2.05, 4.69) is 0 Å². The van der Waals surface area contributed by atoms with Gasteiger partial charge in [0.1, 0.15) is 5.78 Å². The number of hydrogen-bond acceptors (Lipinski definition) is 2. The second-order valence-corrected chi connectivity index (χ2v) is 3.68. The number of carbonyl (C=O) groups is 2. The minimum Gasteiger partial charge on any atom is -0.478 e. The summed E-state index contributed by atoms with van der Waals surface area (Å²) in [5.41, 5.74) is 2.73. The highest BCUT2D eigenvalue weighted by molar-refractivity contribution is 5.86. The molecule has 0 saturated heterocycles. The zero-order valence-corrected chi connectivity index (χ0v) is 9.36. The minimum absolute atomic E-state index is 0.0995. The van der Waals surface area contributed by atoms with E-state index in [1.807, 2.05) is 25.1 Å². The molecule has 0 aliphatic rings. The molecule has 0 heterocycles. The Hall–Kier alpha value is -1.90. The van der Waals surface area contributed by atoms with Crippen LogP contribution in [0.25, 0.3) is 6.08 Å². The van der Waals surface area contributed by atoms with Gasteiger partial charge in [0.2, 0.25) is 0 Å². The van der Waals surface area contributed by atoms with Crippen molar-refractivity contribution in [1.29, 1.82) is 0 Å². The van der Waals surface area contributed by atoms with Crippen LogP contribution in [-0.2, 0) is 16.0 Å². The molecule has 0 radical (unpaired) electrons. The molecular weight excluding hydrogens is 204 g/mol. The van der Waals surface area contributed by atoms with E-state index >= 15 is 0 Å². The predicted octanol–water partition coefficient (Wildman–Crippen LogP) is 2.22. The van der Waals surface area contributed by atoms with Gasteiger partial charge in [-0.1, -0.05) is 18.2 Å². The quantitative estimate of drug-likeness (QED) is 0.788. The van der Waals surface area contributed by atoms with Crippen LogP contribution in [0, 0.1) is 6.92 Å². The monoisotopic (exact) mass is 218 g/mol. The second-order valence-electron chi connectivity index (χ2n) is 3.68. The predicted molar refractivity (Wildman–Crippen MR) is 62.2 cm³/mol. The first kappa shape index (κ1) is 12.2. The maximum atomic E-state index is 11.0. The Kier molecular flexibility index (Phi) is 4.00. The van der Waals surface area contributed by atoms with E-state index in [0.717, 1.165) is 22.8 Å². The average Bonchev–Trinajstić information content (AvgIpc) is 2.18. The molecule has 0 aromatic heterocycles. The highest BCUT2D eigenvalue weighted by Gasteiger charge is 2.04. The largest absolute Gasteiger partial charge is 0.478 e. The Balaban J connectivity index is 3.03. The average molecular weight is 218 g/mol. The van der Waals surface area contributed by atoms with Crippen LogP contribution < -0.4 is 0 Å². The summed E-state index contributed by atoms with van der Waals surface area (Å²) in [5.74, 6) is -0.876. The van der Waals surface area contributed by atoms with E-state index < -0.39 is 5.97 Å². The normalized spacial score (nSPS) is 10.6. The van der Waals surface area contributed by atoms with Gasteiger partial charge in [0.05, 0.1) is 0 Å². The van der Waals surface area contributed by atoms with Crippen LogP contribution in [-0.4, -0.2) is 16.9 Å². The van der Waals surface area contributed by atoms with Crippen LogP contribution in [0.2, 0.25) is 0 Å². The third-order valence-corrected chi connectivity index (χ3v) is 2.33. The number of carbonyl (C=O) groups excluding carboxylic acids is 1. The summed E-state index contributed by atoms with van der Waals surface area (Å²) in [5, 5.41) is 8.54. The Morgan fingerprint density at radius 2 is 2.06 bits per heavy atom. The smallest absolute Gasteiger partial charge is 0.328 e. The van der Waals surface area contributed by atoms with Crippen molar-refractivity contribution in [3.63, 3.8) is 0 Å². The molecule has 16 heavy (non-hydrogen) atoms. The van der Waals surface area contributed by atoms with Gasteiger partial charge in [-0.15, -0.1) is 0 Å². The molecule has 0 aliphatic heterocycles. The lowest BCUT2D eigenvalue weighted by Gasteiger charge is -2.06. The van der Waals surface area contributed by atoms with Gasteiger partial charge in [-0.3, -0.25) is 4.79 Å². The Labute approximate surface area is 94.4 Å². The molecule has 3 heteroatoms. The fraction of sp³-hybridized carbons (Fsp3) is 0.231. The van der Waals surface area contributed by atoms with Crippen molar-refractivity contribution in [1.82, 2.24) is 0 Å². The van der Waals surface area contributed by atoms with Crippen molar-refractivity contribution in [2.75, 3.05) is 0 Å². The zero-order valence-electron chi connectivity index (χ0n) is 9.36. The first-order chi connectivity index (χ1) is 7.50. The third kappa shape index (κ3) is 3.35. The highest BCUT2D eigenvalue weighted by atomic mass is 16.4. The molecule has 0 amide bonds. The van der Waals surface area contributed by atoms with E-state index in [-0.39, 0.29) is 5.78 Å². The van der Waals surface area contributed by atoms with Gasteiger partial charge < -0.3 is 5.11 Å². The molecule has 0 atom stereocenters. The van der Waals surface area contributed by atoms with Crippen LogP contribution in [0.3, 0.4) is 0 Å². The molecule has 1 aromatic carbocycles.